The van der Waals surface area contributed by atoms with Crippen LogP contribution in [0.25, 0.3) is 0 Å². The second-order valence-electron chi connectivity index (χ2n) is 3.76. The zero-order valence-electron chi connectivity index (χ0n) is 9.94. The van der Waals surface area contributed by atoms with Crippen LogP contribution in [-0.4, -0.2) is 12.2 Å². The summed E-state index contributed by atoms with van der Waals surface area (Å²) in [7, 11) is 1.48. The van der Waals surface area contributed by atoms with Crippen LogP contribution in [0.4, 0.5) is 10.1 Å². The first-order valence-corrected chi connectivity index (χ1v) is 5.48. The van der Waals surface area contributed by atoms with Crippen molar-refractivity contribution in [3.05, 3.63) is 47.7 Å². The Morgan fingerprint density at radius 2 is 2.06 bits per heavy atom. The molecule has 0 saturated heterocycles. The average Bonchev–Trinajstić information content (AvgIpc) is 2.83. The minimum absolute atomic E-state index is 0.131. The zero-order chi connectivity index (χ0) is 13.0. The fraction of sp³-hybridized carbons (Fsp3) is 0.231. The first kappa shape index (κ1) is 12.4. The molecular formula is C13H14FNO3. The monoisotopic (exact) mass is 251 g/mol. The average molecular weight is 251 g/mol. The number of ether oxygens (including phenoxy) is 1. The summed E-state index contributed by atoms with van der Waals surface area (Å²) in [6.45, 7) is 0.278. The molecule has 0 aliphatic rings. The summed E-state index contributed by atoms with van der Waals surface area (Å²) in [5, 5.41) is 11.9. The highest BCUT2D eigenvalue weighted by Gasteiger charge is 2.03. The van der Waals surface area contributed by atoms with Crippen LogP contribution in [0.1, 0.15) is 11.5 Å². The van der Waals surface area contributed by atoms with E-state index < -0.39 is 0 Å². The molecule has 0 unspecified atom stereocenters. The highest BCUT2D eigenvalue weighted by Crippen LogP contribution is 2.20. The normalized spacial score (nSPS) is 10.4. The molecule has 1 aromatic heterocycles. The predicted octanol–water partition coefficient (Wildman–Crippen LogP) is 2.53. The lowest BCUT2D eigenvalue weighted by atomic mass is 10.3. The maximum atomic E-state index is 13.2. The summed E-state index contributed by atoms with van der Waals surface area (Å²) < 4.78 is 23.5. The largest absolute Gasteiger partial charge is 0.497 e. The van der Waals surface area contributed by atoms with Gasteiger partial charge >= 0.3 is 0 Å². The first-order valence-electron chi connectivity index (χ1n) is 5.48. The molecule has 96 valence electrons. The smallest absolute Gasteiger partial charge is 0.129 e. The standard InChI is InChI=1S/C13H14FNO3/c1-17-13-5-9(14)4-10(6-13)15-7-11-2-3-12(8-16)18-11/h2-6,15-16H,7-8H2,1H3. The van der Waals surface area contributed by atoms with E-state index in [2.05, 4.69) is 5.32 Å². The van der Waals surface area contributed by atoms with Crippen LogP contribution >= 0.6 is 0 Å². The molecular weight excluding hydrogens is 237 g/mol. The molecule has 18 heavy (non-hydrogen) atoms. The van der Waals surface area contributed by atoms with Crippen molar-refractivity contribution in [3.63, 3.8) is 0 Å². The van der Waals surface area contributed by atoms with Crippen LogP contribution in [-0.2, 0) is 13.2 Å². The molecule has 2 rings (SSSR count). The topological polar surface area (TPSA) is 54.6 Å². The van der Waals surface area contributed by atoms with Crippen molar-refractivity contribution in [2.45, 2.75) is 13.2 Å². The summed E-state index contributed by atoms with van der Waals surface area (Å²) in [6, 6.07) is 7.83. The van der Waals surface area contributed by atoms with E-state index in [9.17, 15) is 4.39 Å². The van der Waals surface area contributed by atoms with E-state index in [1.54, 1.807) is 18.2 Å². The quantitative estimate of drug-likeness (QED) is 0.857. The number of methoxy groups -OCH3 is 1. The summed E-state index contributed by atoms with van der Waals surface area (Å²) >= 11 is 0. The minimum Gasteiger partial charge on any atom is -0.497 e. The summed E-state index contributed by atoms with van der Waals surface area (Å²) in [5.74, 6) is 1.26. The number of anilines is 1. The van der Waals surface area contributed by atoms with Crippen molar-refractivity contribution in [2.24, 2.45) is 0 Å². The Morgan fingerprint density at radius 1 is 1.28 bits per heavy atom. The Labute approximate surface area is 104 Å². The van der Waals surface area contributed by atoms with Gasteiger partial charge in [-0.25, -0.2) is 4.39 Å². The molecule has 1 heterocycles. The molecule has 0 aliphatic heterocycles. The molecule has 2 aromatic rings. The third kappa shape index (κ3) is 3.01. The summed E-state index contributed by atoms with van der Waals surface area (Å²) in [4.78, 5) is 0. The summed E-state index contributed by atoms with van der Waals surface area (Å²) in [5.41, 5.74) is 0.605. The second kappa shape index (κ2) is 5.55. The van der Waals surface area contributed by atoms with Gasteiger partial charge in [-0.1, -0.05) is 0 Å². The number of furan rings is 1. The molecule has 4 nitrogen and oxygen atoms in total. The SMILES string of the molecule is COc1cc(F)cc(NCc2ccc(CO)o2)c1. The van der Waals surface area contributed by atoms with Gasteiger partial charge in [-0.15, -0.1) is 0 Å². The van der Waals surface area contributed by atoms with Crippen LogP contribution in [0.5, 0.6) is 5.75 Å². The highest BCUT2D eigenvalue weighted by atomic mass is 19.1. The Bertz CT molecular complexity index is 525. The molecule has 0 spiro atoms. The second-order valence-corrected chi connectivity index (χ2v) is 3.76. The van der Waals surface area contributed by atoms with E-state index in [0.717, 1.165) is 0 Å². The molecule has 5 heteroatoms. The van der Waals surface area contributed by atoms with Crippen molar-refractivity contribution < 1.29 is 18.7 Å². The predicted molar refractivity (Wildman–Crippen MR) is 64.9 cm³/mol. The molecule has 2 N–H and O–H groups in total. The van der Waals surface area contributed by atoms with Gasteiger partial charge in [-0.3, -0.25) is 0 Å². The fourth-order valence-corrected chi connectivity index (χ4v) is 1.57. The van der Waals surface area contributed by atoms with Gasteiger partial charge in [-0.2, -0.15) is 0 Å². The lowest BCUT2D eigenvalue weighted by Gasteiger charge is -2.07. The number of aliphatic hydroxyl groups excluding tert-OH is 1. The van der Waals surface area contributed by atoms with E-state index in [1.807, 2.05) is 0 Å². The van der Waals surface area contributed by atoms with Crippen molar-refractivity contribution in [1.29, 1.82) is 0 Å². The van der Waals surface area contributed by atoms with Gasteiger partial charge < -0.3 is 19.6 Å². The molecule has 0 bridgehead atoms. The van der Waals surface area contributed by atoms with Crippen LogP contribution in [0.2, 0.25) is 0 Å². The lowest BCUT2D eigenvalue weighted by molar-refractivity contribution is 0.244. The molecule has 0 amide bonds. The van der Waals surface area contributed by atoms with Crippen LogP contribution in [0, 0.1) is 5.82 Å². The lowest BCUT2D eigenvalue weighted by Crippen LogP contribution is -1.99. The molecule has 1 aromatic carbocycles. The van der Waals surface area contributed by atoms with Gasteiger partial charge in [0.05, 0.1) is 13.7 Å². The van der Waals surface area contributed by atoms with Gasteiger partial charge in [0.15, 0.2) is 0 Å². The van der Waals surface area contributed by atoms with E-state index in [4.69, 9.17) is 14.3 Å². The Hall–Kier alpha value is -2.01. The molecule has 0 radical (unpaired) electrons. The maximum Gasteiger partial charge on any atom is 0.129 e. The first-order chi connectivity index (χ1) is 8.71. The maximum absolute atomic E-state index is 13.2. The molecule has 0 aliphatic carbocycles. The zero-order valence-corrected chi connectivity index (χ0v) is 9.94. The summed E-state index contributed by atoms with van der Waals surface area (Å²) in [6.07, 6.45) is 0. The van der Waals surface area contributed by atoms with Gasteiger partial charge in [0.1, 0.15) is 29.7 Å². The molecule has 0 fully saturated rings. The van der Waals surface area contributed by atoms with Crippen molar-refractivity contribution in [2.75, 3.05) is 12.4 Å². The van der Waals surface area contributed by atoms with Gasteiger partial charge in [-0.05, 0) is 18.2 Å². The molecule has 0 saturated carbocycles. The van der Waals surface area contributed by atoms with E-state index in [-0.39, 0.29) is 12.4 Å². The Morgan fingerprint density at radius 3 is 2.72 bits per heavy atom. The highest BCUT2D eigenvalue weighted by molar-refractivity contribution is 5.48. The van der Waals surface area contributed by atoms with E-state index >= 15 is 0 Å². The number of nitrogens with one attached hydrogen (secondary N) is 1. The van der Waals surface area contributed by atoms with E-state index in [0.29, 0.717) is 29.5 Å². The number of halogens is 1. The van der Waals surface area contributed by atoms with E-state index in [1.165, 1.54) is 19.2 Å². The van der Waals surface area contributed by atoms with Crippen molar-refractivity contribution in [3.8, 4) is 5.75 Å². The van der Waals surface area contributed by atoms with Crippen molar-refractivity contribution in [1.82, 2.24) is 0 Å². The number of hydrogen-bond donors (Lipinski definition) is 2. The van der Waals surface area contributed by atoms with Gasteiger partial charge in [0.25, 0.3) is 0 Å². The Kier molecular flexibility index (Phi) is 3.84. The Balaban J connectivity index is 2.03. The molecule has 0 atom stereocenters. The van der Waals surface area contributed by atoms with Gasteiger partial charge in [0, 0.05) is 17.8 Å². The number of aliphatic hydroxyl groups is 1. The number of rotatable bonds is 5. The van der Waals surface area contributed by atoms with Crippen LogP contribution in [0.15, 0.2) is 34.7 Å². The number of benzene rings is 1. The van der Waals surface area contributed by atoms with Crippen LogP contribution < -0.4 is 10.1 Å². The third-order valence-electron chi connectivity index (χ3n) is 2.45. The van der Waals surface area contributed by atoms with Gasteiger partial charge in [0.2, 0.25) is 0 Å². The fourth-order valence-electron chi connectivity index (χ4n) is 1.57. The third-order valence-corrected chi connectivity index (χ3v) is 2.45. The minimum atomic E-state index is -0.368. The number of hydrogen-bond acceptors (Lipinski definition) is 4. The van der Waals surface area contributed by atoms with Crippen LogP contribution in [0.3, 0.4) is 0 Å². The van der Waals surface area contributed by atoms with Crippen molar-refractivity contribution >= 4 is 5.69 Å².